The summed E-state index contributed by atoms with van der Waals surface area (Å²) in [5, 5.41) is 4.71. The van der Waals surface area contributed by atoms with Crippen molar-refractivity contribution in [3.8, 4) is 0 Å². The second-order valence-electron chi connectivity index (χ2n) is 5.76. The molecule has 0 saturated carbocycles. The van der Waals surface area contributed by atoms with Crippen molar-refractivity contribution in [2.45, 2.75) is 52.5 Å². The summed E-state index contributed by atoms with van der Waals surface area (Å²) in [5.41, 5.74) is 0. The smallest absolute Gasteiger partial charge is 0.123 e. The lowest BCUT2D eigenvalue weighted by Gasteiger charge is -2.22. The highest BCUT2D eigenvalue weighted by molar-refractivity contribution is 7.19. The summed E-state index contributed by atoms with van der Waals surface area (Å²) >= 11 is 1.80. The number of nitrogens with one attached hydrogen (secondary N) is 1. The van der Waals surface area contributed by atoms with Crippen molar-refractivity contribution >= 4 is 21.4 Å². The van der Waals surface area contributed by atoms with Gasteiger partial charge in [0.1, 0.15) is 5.82 Å². The average molecular weight is 307 g/mol. The Bertz CT molecular complexity index is 559. The molecule has 2 rings (SSSR count). The molecule has 21 heavy (non-hydrogen) atoms. The first kappa shape index (κ1) is 16.4. The first-order valence-electron chi connectivity index (χ1n) is 8.10. The molecule has 0 amide bonds. The second kappa shape index (κ2) is 7.90. The fraction of sp³-hybridized carbons (Fsp3) is 0.556. The van der Waals surface area contributed by atoms with Crippen LogP contribution < -0.4 is 5.32 Å². The molecule has 0 aliphatic rings. The van der Waals surface area contributed by atoms with E-state index in [2.05, 4.69) is 32.2 Å². The summed E-state index contributed by atoms with van der Waals surface area (Å²) in [6.07, 6.45) is 4.75. The van der Waals surface area contributed by atoms with Crippen LogP contribution in [0.5, 0.6) is 0 Å². The summed E-state index contributed by atoms with van der Waals surface area (Å²) in [4.78, 5) is 1.34. The van der Waals surface area contributed by atoms with Gasteiger partial charge in [0.25, 0.3) is 0 Å². The maximum Gasteiger partial charge on any atom is 0.123 e. The molecule has 0 radical (unpaired) electrons. The predicted octanol–water partition coefficient (Wildman–Crippen LogP) is 5.91. The molecular formula is C18H26FNS. The van der Waals surface area contributed by atoms with E-state index in [9.17, 15) is 4.39 Å². The largest absolute Gasteiger partial charge is 0.309 e. The number of thiophene rings is 1. The number of halogens is 1. The standard InChI is InChI=1S/C18H26FNS/c1-4-9-20-16(10-13(5-2)6-3)18-12-14-11-15(19)7-8-17(14)21-18/h7-8,11-13,16,20H,4-6,9-10H2,1-3H3. The van der Waals surface area contributed by atoms with Gasteiger partial charge in [-0.1, -0.05) is 33.6 Å². The number of benzene rings is 1. The lowest BCUT2D eigenvalue weighted by Crippen LogP contribution is -2.23. The SMILES string of the molecule is CCCNC(CC(CC)CC)c1cc2cc(F)ccc2s1. The van der Waals surface area contributed by atoms with Gasteiger partial charge >= 0.3 is 0 Å². The molecule has 1 aromatic heterocycles. The van der Waals surface area contributed by atoms with Crippen LogP contribution in [0.2, 0.25) is 0 Å². The summed E-state index contributed by atoms with van der Waals surface area (Å²) in [7, 11) is 0. The van der Waals surface area contributed by atoms with E-state index < -0.39 is 0 Å². The highest BCUT2D eigenvalue weighted by atomic mass is 32.1. The van der Waals surface area contributed by atoms with Gasteiger partial charge in [-0.15, -0.1) is 11.3 Å². The molecule has 0 bridgehead atoms. The number of fused-ring (bicyclic) bond motifs is 1. The van der Waals surface area contributed by atoms with Crippen molar-refractivity contribution in [3.05, 3.63) is 35.0 Å². The molecule has 0 aliphatic carbocycles. The van der Waals surface area contributed by atoms with E-state index in [1.165, 1.54) is 28.8 Å². The normalized spacial score (nSPS) is 13.2. The lowest BCUT2D eigenvalue weighted by atomic mass is 9.94. The molecule has 0 saturated heterocycles. The van der Waals surface area contributed by atoms with Gasteiger partial charge in [-0.2, -0.15) is 0 Å². The number of hydrogen-bond donors (Lipinski definition) is 1. The van der Waals surface area contributed by atoms with Crippen LogP contribution in [0.3, 0.4) is 0 Å². The van der Waals surface area contributed by atoms with Crippen molar-refractivity contribution in [2.75, 3.05) is 6.54 Å². The zero-order valence-corrected chi connectivity index (χ0v) is 14.1. The summed E-state index contributed by atoms with van der Waals surface area (Å²) in [6.45, 7) is 7.77. The molecule has 0 spiro atoms. The Morgan fingerprint density at radius 1 is 1.14 bits per heavy atom. The van der Waals surface area contributed by atoms with E-state index in [-0.39, 0.29) is 5.82 Å². The van der Waals surface area contributed by atoms with Gasteiger partial charge in [-0.3, -0.25) is 0 Å². The average Bonchev–Trinajstić information content (AvgIpc) is 2.90. The van der Waals surface area contributed by atoms with Crippen molar-refractivity contribution in [1.82, 2.24) is 5.32 Å². The molecule has 2 aromatic rings. The molecule has 1 unspecified atom stereocenters. The van der Waals surface area contributed by atoms with Crippen LogP contribution in [0, 0.1) is 11.7 Å². The quantitative estimate of drug-likeness (QED) is 0.639. The topological polar surface area (TPSA) is 12.0 Å². The zero-order valence-electron chi connectivity index (χ0n) is 13.3. The van der Waals surface area contributed by atoms with Crippen molar-refractivity contribution in [2.24, 2.45) is 5.92 Å². The van der Waals surface area contributed by atoms with Gasteiger partial charge in [-0.25, -0.2) is 4.39 Å². The summed E-state index contributed by atoms with van der Waals surface area (Å²) in [6, 6.07) is 7.66. The molecule has 0 fully saturated rings. The predicted molar refractivity (Wildman–Crippen MR) is 91.5 cm³/mol. The first-order chi connectivity index (χ1) is 10.2. The van der Waals surface area contributed by atoms with Crippen LogP contribution in [-0.2, 0) is 0 Å². The Balaban J connectivity index is 2.24. The Morgan fingerprint density at radius 2 is 1.90 bits per heavy atom. The summed E-state index contributed by atoms with van der Waals surface area (Å²) in [5.74, 6) is 0.603. The maximum absolute atomic E-state index is 13.4. The zero-order chi connectivity index (χ0) is 15.2. The van der Waals surface area contributed by atoms with Crippen LogP contribution in [0.25, 0.3) is 10.1 Å². The van der Waals surface area contributed by atoms with Gasteiger partial charge in [0.15, 0.2) is 0 Å². The van der Waals surface area contributed by atoms with E-state index in [1.54, 1.807) is 23.5 Å². The van der Waals surface area contributed by atoms with Gasteiger partial charge in [-0.05, 0) is 55.0 Å². The maximum atomic E-state index is 13.4. The van der Waals surface area contributed by atoms with Crippen LogP contribution in [0.4, 0.5) is 4.39 Å². The van der Waals surface area contributed by atoms with Crippen LogP contribution in [0.15, 0.2) is 24.3 Å². The van der Waals surface area contributed by atoms with E-state index in [0.717, 1.165) is 24.3 Å². The fourth-order valence-electron chi connectivity index (χ4n) is 2.78. The van der Waals surface area contributed by atoms with Gasteiger partial charge < -0.3 is 5.32 Å². The lowest BCUT2D eigenvalue weighted by molar-refractivity contribution is 0.375. The van der Waals surface area contributed by atoms with Crippen LogP contribution in [0.1, 0.15) is 57.4 Å². The molecule has 1 aromatic carbocycles. The molecule has 0 aliphatic heterocycles. The summed E-state index contributed by atoms with van der Waals surface area (Å²) < 4.78 is 14.5. The minimum absolute atomic E-state index is 0.148. The Kier molecular flexibility index (Phi) is 6.19. The van der Waals surface area contributed by atoms with Gasteiger partial charge in [0.2, 0.25) is 0 Å². The van der Waals surface area contributed by atoms with Gasteiger partial charge in [0, 0.05) is 15.6 Å². The minimum atomic E-state index is -0.148. The Morgan fingerprint density at radius 3 is 2.57 bits per heavy atom. The van der Waals surface area contributed by atoms with E-state index >= 15 is 0 Å². The van der Waals surface area contributed by atoms with E-state index in [4.69, 9.17) is 0 Å². The van der Waals surface area contributed by atoms with E-state index in [0.29, 0.717) is 6.04 Å². The Labute approximate surface area is 131 Å². The Hall–Kier alpha value is -0.930. The second-order valence-corrected chi connectivity index (χ2v) is 6.87. The molecule has 1 nitrogen and oxygen atoms in total. The van der Waals surface area contributed by atoms with Crippen molar-refractivity contribution in [1.29, 1.82) is 0 Å². The molecule has 1 N–H and O–H groups in total. The third-order valence-electron chi connectivity index (χ3n) is 4.21. The van der Waals surface area contributed by atoms with Crippen LogP contribution in [-0.4, -0.2) is 6.54 Å². The number of rotatable bonds is 8. The van der Waals surface area contributed by atoms with E-state index in [1.807, 2.05) is 6.07 Å². The molecule has 116 valence electrons. The van der Waals surface area contributed by atoms with Gasteiger partial charge in [0.05, 0.1) is 0 Å². The van der Waals surface area contributed by atoms with Crippen LogP contribution >= 0.6 is 11.3 Å². The third kappa shape index (κ3) is 4.27. The molecule has 1 heterocycles. The first-order valence-corrected chi connectivity index (χ1v) is 8.91. The number of hydrogen-bond acceptors (Lipinski definition) is 2. The highest BCUT2D eigenvalue weighted by Gasteiger charge is 2.18. The monoisotopic (exact) mass is 307 g/mol. The van der Waals surface area contributed by atoms with Crippen molar-refractivity contribution < 1.29 is 4.39 Å². The molecular weight excluding hydrogens is 281 g/mol. The van der Waals surface area contributed by atoms with Crippen molar-refractivity contribution in [3.63, 3.8) is 0 Å². The minimum Gasteiger partial charge on any atom is -0.309 e. The molecule has 1 atom stereocenters. The molecule has 3 heteroatoms. The third-order valence-corrected chi connectivity index (χ3v) is 5.44. The fourth-order valence-corrected chi connectivity index (χ4v) is 3.91. The highest BCUT2D eigenvalue weighted by Crippen LogP contribution is 2.34.